The van der Waals surface area contributed by atoms with Gasteiger partial charge in [-0.05, 0) is 101 Å². The molecule has 0 spiro atoms. The van der Waals surface area contributed by atoms with Gasteiger partial charge in [-0.25, -0.2) is 0 Å². The molecule has 0 unspecified atom stereocenters. The fraction of sp³-hybridized carbons (Fsp3) is 0.765. The van der Waals surface area contributed by atoms with E-state index in [2.05, 4.69) is 50.2 Å². The SMILES string of the molecule is CCCNCCC1(CCc2cc(Br)sc2Br)CCCCC1. The second-order valence-electron chi connectivity index (χ2n) is 6.41. The van der Waals surface area contributed by atoms with Gasteiger partial charge in [-0.1, -0.05) is 26.2 Å². The monoisotopic (exact) mass is 435 g/mol. The molecular weight excluding hydrogens is 410 g/mol. The van der Waals surface area contributed by atoms with Crippen LogP contribution in [0.3, 0.4) is 0 Å². The first-order valence-electron chi connectivity index (χ1n) is 8.30. The van der Waals surface area contributed by atoms with Crippen LogP contribution in [0.5, 0.6) is 0 Å². The van der Waals surface area contributed by atoms with E-state index in [9.17, 15) is 0 Å². The van der Waals surface area contributed by atoms with Gasteiger partial charge in [-0.15, -0.1) is 11.3 Å². The highest BCUT2D eigenvalue weighted by molar-refractivity contribution is 9.12. The van der Waals surface area contributed by atoms with Crippen molar-refractivity contribution in [2.24, 2.45) is 5.41 Å². The van der Waals surface area contributed by atoms with Crippen LogP contribution in [0.25, 0.3) is 0 Å². The Morgan fingerprint density at radius 1 is 1.14 bits per heavy atom. The normalized spacial score (nSPS) is 18.0. The Balaban J connectivity index is 1.90. The number of hydrogen-bond donors (Lipinski definition) is 1. The lowest BCUT2D eigenvalue weighted by Crippen LogP contribution is -2.30. The maximum atomic E-state index is 3.71. The molecule has 1 aliphatic carbocycles. The van der Waals surface area contributed by atoms with Crippen LogP contribution in [0.15, 0.2) is 13.6 Å². The van der Waals surface area contributed by atoms with E-state index < -0.39 is 0 Å². The number of nitrogens with one attached hydrogen (secondary N) is 1. The van der Waals surface area contributed by atoms with Crippen molar-refractivity contribution in [1.29, 1.82) is 0 Å². The molecule has 0 radical (unpaired) electrons. The lowest BCUT2D eigenvalue weighted by molar-refractivity contribution is 0.156. The van der Waals surface area contributed by atoms with E-state index in [1.54, 1.807) is 11.3 Å². The number of aryl methyl sites for hydroxylation is 1. The molecule has 0 saturated heterocycles. The van der Waals surface area contributed by atoms with E-state index in [1.165, 1.54) is 84.0 Å². The first-order valence-corrected chi connectivity index (χ1v) is 10.7. The highest BCUT2D eigenvalue weighted by atomic mass is 79.9. The molecule has 0 amide bonds. The van der Waals surface area contributed by atoms with Crippen LogP contribution >= 0.6 is 43.2 Å². The Hall–Kier alpha value is 0.620. The fourth-order valence-electron chi connectivity index (χ4n) is 3.53. The number of thiophene rings is 1. The predicted molar refractivity (Wildman–Crippen MR) is 101 cm³/mol. The molecule has 1 nitrogen and oxygen atoms in total. The average Bonchev–Trinajstić information content (AvgIpc) is 2.81. The van der Waals surface area contributed by atoms with Gasteiger partial charge in [0.05, 0.1) is 7.57 Å². The third kappa shape index (κ3) is 5.63. The Morgan fingerprint density at radius 3 is 2.52 bits per heavy atom. The lowest BCUT2D eigenvalue weighted by atomic mass is 9.68. The molecule has 0 aliphatic heterocycles. The van der Waals surface area contributed by atoms with E-state index in [4.69, 9.17) is 0 Å². The molecule has 0 bridgehead atoms. The van der Waals surface area contributed by atoms with Crippen molar-refractivity contribution in [3.8, 4) is 0 Å². The van der Waals surface area contributed by atoms with Crippen LogP contribution in [0.2, 0.25) is 0 Å². The van der Waals surface area contributed by atoms with Gasteiger partial charge in [-0.3, -0.25) is 0 Å². The standard InChI is InChI=1S/C17H27Br2NS/c1-2-11-20-12-10-17(7-4-3-5-8-17)9-6-14-13-15(18)21-16(14)19/h13,20H,2-12H2,1H3. The maximum Gasteiger partial charge on any atom is 0.0742 e. The Kier molecular flexibility index (Phi) is 7.74. The molecule has 0 aromatic carbocycles. The molecule has 4 heteroatoms. The predicted octanol–water partition coefficient (Wildman–Crippen LogP) is 6.55. The second kappa shape index (κ2) is 9.05. The largest absolute Gasteiger partial charge is 0.317 e. The second-order valence-corrected chi connectivity index (χ2v) is 10.2. The van der Waals surface area contributed by atoms with Gasteiger partial charge in [0.2, 0.25) is 0 Å². The van der Waals surface area contributed by atoms with Gasteiger partial charge in [0, 0.05) is 0 Å². The van der Waals surface area contributed by atoms with Crippen LogP contribution in [-0.4, -0.2) is 13.1 Å². The summed E-state index contributed by atoms with van der Waals surface area (Å²) in [6.45, 7) is 4.61. The molecule has 1 heterocycles. The zero-order valence-electron chi connectivity index (χ0n) is 13.0. The summed E-state index contributed by atoms with van der Waals surface area (Å²) in [4.78, 5) is 0. The van der Waals surface area contributed by atoms with Gasteiger partial charge >= 0.3 is 0 Å². The highest BCUT2D eigenvalue weighted by Crippen LogP contribution is 2.44. The van der Waals surface area contributed by atoms with Gasteiger partial charge < -0.3 is 5.32 Å². The van der Waals surface area contributed by atoms with E-state index in [0.29, 0.717) is 5.41 Å². The summed E-state index contributed by atoms with van der Waals surface area (Å²) in [6, 6.07) is 2.29. The number of rotatable bonds is 8. The van der Waals surface area contributed by atoms with Gasteiger partial charge in [0.25, 0.3) is 0 Å². The summed E-state index contributed by atoms with van der Waals surface area (Å²) < 4.78 is 2.55. The first-order chi connectivity index (χ1) is 10.2. The van der Waals surface area contributed by atoms with Crippen molar-refractivity contribution < 1.29 is 0 Å². The van der Waals surface area contributed by atoms with Crippen LogP contribution in [0.1, 0.15) is 63.9 Å². The van der Waals surface area contributed by atoms with E-state index in [-0.39, 0.29) is 0 Å². The molecule has 1 saturated carbocycles. The Morgan fingerprint density at radius 2 is 1.90 bits per heavy atom. The van der Waals surface area contributed by atoms with Crippen molar-refractivity contribution in [2.75, 3.05) is 13.1 Å². The molecule has 120 valence electrons. The third-order valence-corrected chi connectivity index (χ3v) is 7.29. The van der Waals surface area contributed by atoms with Crippen molar-refractivity contribution in [2.45, 2.75) is 64.7 Å². The third-order valence-electron chi connectivity index (χ3n) is 4.83. The van der Waals surface area contributed by atoms with Crippen molar-refractivity contribution in [3.05, 3.63) is 19.2 Å². The highest BCUT2D eigenvalue weighted by Gasteiger charge is 2.31. The molecule has 1 fully saturated rings. The molecule has 0 atom stereocenters. The minimum atomic E-state index is 0.590. The summed E-state index contributed by atoms with van der Waals surface area (Å²) in [5, 5.41) is 3.61. The minimum absolute atomic E-state index is 0.590. The molecule has 1 aliphatic rings. The van der Waals surface area contributed by atoms with Gasteiger partial charge in [0.15, 0.2) is 0 Å². The molecule has 21 heavy (non-hydrogen) atoms. The molecule has 1 aromatic rings. The van der Waals surface area contributed by atoms with Crippen molar-refractivity contribution >= 4 is 43.2 Å². The van der Waals surface area contributed by atoms with Gasteiger partial charge in [-0.2, -0.15) is 0 Å². The quantitative estimate of drug-likeness (QED) is 0.455. The Labute approximate surface area is 150 Å². The smallest absolute Gasteiger partial charge is 0.0742 e. The van der Waals surface area contributed by atoms with E-state index in [0.717, 1.165) is 0 Å². The zero-order chi connectivity index (χ0) is 15.1. The minimum Gasteiger partial charge on any atom is -0.317 e. The molecule has 1 aromatic heterocycles. The van der Waals surface area contributed by atoms with E-state index in [1.807, 2.05) is 0 Å². The summed E-state index contributed by atoms with van der Waals surface area (Å²) >= 11 is 9.11. The van der Waals surface area contributed by atoms with Crippen LogP contribution < -0.4 is 5.32 Å². The Bertz CT molecular complexity index is 424. The van der Waals surface area contributed by atoms with Crippen molar-refractivity contribution in [3.63, 3.8) is 0 Å². The topological polar surface area (TPSA) is 12.0 Å². The summed E-state index contributed by atoms with van der Waals surface area (Å²) in [5.74, 6) is 0. The van der Waals surface area contributed by atoms with Gasteiger partial charge in [0.1, 0.15) is 0 Å². The average molecular weight is 437 g/mol. The molecule has 1 N–H and O–H groups in total. The van der Waals surface area contributed by atoms with E-state index >= 15 is 0 Å². The molecule has 2 rings (SSSR count). The van der Waals surface area contributed by atoms with Crippen LogP contribution in [0.4, 0.5) is 0 Å². The number of hydrogen-bond acceptors (Lipinski definition) is 2. The van der Waals surface area contributed by atoms with Crippen LogP contribution in [-0.2, 0) is 6.42 Å². The van der Waals surface area contributed by atoms with Crippen LogP contribution in [0, 0.1) is 5.41 Å². The summed E-state index contributed by atoms with van der Waals surface area (Å²) in [7, 11) is 0. The summed E-state index contributed by atoms with van der Waals surface area (Å²) in [6.07, 6.45) is 12.3. The lowest BCUT2D eigenvalue weighted by Gasteiger charge is -2.38. The summed E-state index contributed by atoms with van der Waals surface area (Å²) in [5.41, 5.74) is 2.07. The molecular formula is C17H27Br2NS. The maximum absolute atomic E-state index is 3.71. The van der Waals surface area contributed by atoms with Crippen molar-refractivity contribution in [1.82, 2.24) is 5.32 Å². The zero-order valence-corrected chi connectivity index (χ0v) is 17.0. The number of halogens is 2. The fourth-order valence-corrected chi connectivity index (χ4v) is 6.44. The first kappa shape index (κ1) is 18.0.